The van der Waals surface area contributed by atoms with E-state index in [4.69, 9.17) is 9.47 Å². The molecule has 0 aromatic heterocycles. The highest BCUT2D eigenvalue weighted by atomic mass is 16.5. The van der Waals surface area contributed by atoms with E-state index in [0.29, 0.717) is 19.3 Å². The third-order valence-corrected chi connectivity index (χ3v) is 4.98. The molecule has 1 aliphatic heterocycles. The lowest BCUT2D eigenvalue weighted by Gasteiger charge is -2.33. The lowest BCUT2D eigenvalue weighted by atomic mass is 9.83. The molecule has 1 heterocycles. The van der Waals surface area contributed by atoms with E-state index >= 15 is 0 Å². The summed E-state index contributed by atoms with van der Waals surface area (Å²) in [6, 6.07) is 0. The number of rotatable bonds is 2. The van der Waals surface area contributed by atoms with Crippen molar-refractivity contribution >= 4 is 5.97 Å². The number of aliphatic hydroxyl groups excluding tert-OH is 3. The molecule has 6 heteroatoms. The third kappa shape index (κ3) is 7.19. The molecule has 3 N–H and O–H groups in total. The number of carbonyl (C=O) groups is 1. The first kappa shape index (κ1) is 22.8. The normalized spacial score (nSPS) is 40.6. The van der Waals surface area contributed by atoms with Gasteiger partial charge in [0.25, 0.3) is 0 Å². The van der Waals surface area contributed by atoms with Gasteiger partial charge in [-0.3, -0.25) is 4.79 Å². The number of carbonyl (C=O) groups excluding carboxylic acids is 1. The highest BCUT2D eigenvalue weighted by molar-refractivity contribution is 5.70. The molecule has 0 saturated heterocycles. The van der Waals surface area contributed by atoms with Gasteiger partial charge in [0.2, 0.25) is 0 Å². The van der Waals surface area contributed by atoms with Crippen LogP contribution in [0.15, 0.2) is 24.3 Å². The Labute approximate surface area is 156 Å². The van der Waals surface area contributed by atoms with E-state index < -0.39 is 30.4 Å². The molecule has 1 aliphatic rings. The number of hydrogen-bond donors (Lipinski definition) is 3. The first-order chi connectivity index (χ1) is 12.3. The summed E-state index contributed by atoms with van der Waals surface area (Å²) in [5, 5.41) is 31.4. The minimum Gasteiger partial charge on any atom is -0.462 e. The van der Waals surface area contributed by atoms with Crippen molar-refractivity contribution in [1.29, 1.82) is 0 Å². The van der Waals surface area contributed by atoms with Crippen molar-refractivity contribution in [3.05, 3.63) is 24.3 Å². The summed E-state index contributed by atoms with van der Waals surface area (Å²) in [7, 11) is 1.40. The van der Waals surface area contributed by atoms with Crippen molar-refractivity contribution in [1.82, 2.24) is 0 Å². The van der Waals surface area contributed by atoms with Gasteiger partial charge in [-0.2, -0.15) is 0 Å². The van der Waals surface area contributed by atoms with Gasteiger partial charge in [0.1, 0.15) is 12.2 Å². The van der Waals surface area contributed by atoms with Crippen LogP contribution >= 0.6 is 0 Å². The molecule has 0 aromatic carbocycles. The van der Waals surface area contributed by atoms with Gasteiger partial charge in [-0.15, -0.1) is 0 Å². The fourth-order valence-corrected chi connectivity index (χ4v) is 3.28. The molecule has 0 unspecified atom stereocenters. The molecular formula is C20H34O6. The topological polar surface area (TPSA) is 96.2 Å². The van der Waals surface area contributed by atoms with E-state index in [1.54, 1.807) is 19.1 Å². The molecule has 26 heavy (non-hydrogen) atoms. The van der Waals surface area contributed by atoms with Gasteiger partial charge < -0.3 is 24.8 Å². The summed E-state index contributed by atoms with van der Waals surface area (Å²) >= 11 is 0. The van der Waals surface area contributed by atoms with E-state index in [0.717, 1.165) is 0 Å². The third-order valence-electron chi connectivity index (χ3n) is 4.98. The van der Waals surface area contributed by atoms with Crippen LogP contribution in [0, 0.1) is 11.8 Å². The monoisotopic (exact) mass is 370 g/mol. The van der Waals surface area contributed by atoms with E-state index in [9.17, 15) is 20.1 Å². The molecule has 0 saturated carbocycles. The van der Waals surface area contributed by atoms with Gasteiger partial charge in [0.05, 0.1) is 24.7 Å². The Morgan fingerprint density at radius 1 is 1.23 bits per heavy atom. The maximum absolute atomic E-state index is 12.0. The second kappa shape index (κ2) is 11.5. The van der Waals surface area contributed by atoms with Crippen molar-refractivity contribution in [3.63, 3.8) is 0 Å². The van der Waals surface area contributed by atoms with Gasteiger partial charge in [0, 0.05) is 13.5 Å². The summed E-state index contributed by atoms with van der Waals surface area (Å²) in [6.45, 7) is 5.64. The van der Waals surface area contributed by atoms with Crippen LogP contribution in [0.5, 0.6) is 0 Å². The lowest BCUT2D eigenvalue weighted by molar-refractivity contribution is -0.156. The van der Waals surface area contributed by atoms with Crippen LogP contribution in [0.2, 0.25) is 0 Å². The van der Waals surface area contributed by atoms with E-state index in [1.165, 1.54) is 7.11 Å². The number of cyclic esters (lactones) is 1. The average Bonchev–Trinajstić information content (AvgIpc) is 2.58. The maximum Gasteiger partial charge on any atom is 0.308 e. The largest absolute Gasteiger partial charge is 0.462 e. The van der Waals surface area contributed by atoms with Crippen LogP contribution in [0.1, 0.15) is 46.5 Å². The predicted octanol–water partition coefficient (Wildman–Crippen LogP) is 1.97. The van der Waals surface area contributed by atoms with Crippen molar-refractivity contribution in [2.75, 3.05) is 7.11 Å². The van der Waals surface area contributed by atoms with Gasteiger partial charge in [-0.25, -0.2) is 0 Å². The molecule has 0 aliphatic carbocycles. The number of aliphatic hydroxyl groups is 3. The van der Waals surface area contributed by atoms with E-state index in [-0.39, 0.29) is 24.4 Å². The summed E-state index contributed by atoms with van der Waals surface area (Å²) < 4.78 is 10.6. The highest BCUT2D eigenvalue weighted by Gasteiger charge is 2.35. The fraction of sp³-hybridized carbons (Fsp3) is 0.750. The number of allylic oxidation sites excluding steroid dienone is 2. The number of esters is 1. The summed E-state index contributed by atoms with van der Waals surface area (Å²) in [5.41, 5.74) is 0. The Bertz CT molecular complexity index is 475. The van der Waals surface area contributed by atoms with Gasteiger partial charge in [0.15, 0.2) is 0 Å². The van der Waals surface area contributed by atoms with Crippen molar-refractivity contribution in [3.8, 4) is 0 Å². The Hall–Kier alpha value is -1.21. The van der Waals surface area contributed by atoms with Crippen molar-refractivity contribution in [2.24, 2.45) is 11.8 Å². The van der Waals surface area contributed by atoms with Crippen LogP contribution in [-0.4, -0.2) is 58.9 Å². The van der Waals surface area contributed by atoms with Crippen LogP contribution in [0.25, 0.3) is 0 Å². The van der Waals surface area contributed by atoms with Crippen LogP contribution in [-0.2, 0) is 14.3 Å². The molecule has 0 fully saturated rings. The smallest absolute Gasteiger partial charge is 0.308 e. The molecule has 6 nitrogen and oxygen atoms in total. The fourth-order valence-electron chi connectivity index (χ4n) is 3.28. The van der Waals surface area contributed by atoms with Crippen LogP contribution < -0.4 is 0 Å². The molecule has 0 amide bonds. The molecular weight excluding hydrogens is 336 g/mol. The van der Waals surface area contributed by atoms with Gasteiger partial charge in [-0.1, -0.05) is 44.6 Å². The predicted molar refractivity (Wildman–Crippen MR) is 99.4 cm³/mol. The number of methoxy groups -OCH3 is 1. The Kier molecular flexibility index (Phi) is 10.1. The average molecular weight is 370 g/mol. The zero-order chi connectivity index (χ0) is 19.7. The quantitative estimate of drug-likeness (QED) is 0.643. The minimum absolute atomic E-state index is 0.0642. The summed E-state index contributed by atoms with van der Waals surface area (Å²) in [4.78, 5) is 12.0. The van der Waals surface area contributed by atoms with Gasteiger partial charge >= 0.3 is 5.97 Å². The number of hydrogen-bond acceptors (Lipinski definition) is 6. The molecule has 0 aromatic rings. The van der Waals surface area contributed by atoms with Crippen LogP contribution in [0.3, 0.4) is 0 Å². The molecule has 150 valence electrons. The molecule has 0 radical (unpaired) electrons. The first-order valence-corrected chi connectivity index (χ1v) is 9.39. The minimum atomic E-state index is -1.16. The zero-order valence-electron chi connectivity index (χ0n) is 16.2. The van der Waals surface area contributed by atoms with Gasteiger partial charge in [-0.05, 0) is 25.2 Å². The van der Waals surface area contributed by atoms with E-state index in [2.05, 4.69) is 0 Å². The second-order valence-electron chi connectivity index (χ2n) is 7.18. The standard InChI is InChI=1S/C20H34O6/c1-5-15-11-13(2)16(21)10-8-6-7-9-14(3)26-18(23)12-17(22)20(25-4)19(15)24/h6-8,10,13-17,19-22,24H,5,9,11-12H2,1-4H3/b7-6+,10-8+/t13-,14+,15-,16-,17+,19-,20-/m0/s1. The van der Waals surface area contributed by atoms with Crippen LogP contribution in [0.4, 0.5) is 0 Å². The molecule has 7 atom stereocenters. The Balaban J connectivity index is 3.02. The lowest BCUT2D eigenvalue weighted by Crippen LogP contribution is -2.45. The van der Waals surface area contributed by atoms with E-state index in [1.807, 2.05) is 26.0 Å². The van der Waals surface area contributed by atoms with Crippen molar-refractivity contribution in [2.45, 2.75) is 77.0 Å². The first-order valence-electron chi connectivity index (χ1n) is 9.39. The molecule has 1 rings (SSSR count). The SMILES string of the molecule is CC[C@H]1C[C@H](C)[C@@H](O)/C=C/C=C/C[C@@H](C)OC(=O)C[C@@H](O)[C@H](OC)[C@H]1O. The van der Waals surface area contributed by atoms with Crippen molar-refractivity contribution < 1.29 is 29.6 Å². The summed E-state index contributed by atoms with van der Waals surface area (Å²) in [5.74, 6) is -0.760. The molecule has 0 spiro atoms. The second-order valence-corrected chi connectivity index (χ2v) is 7.18. The Morgan fingerprint density at radius 2 is 1.92 bits per heavy atom. The zero-order valence-corrected chi connectivity index (χ0v) is 16.2. The Morgan fingerprint density at radius 3 is 2.54 bits per heavy atom. The highest BCUT2D eigenvalue weighted by Crippen LogP contribution is 2.26. The number of ether oxygens (including phenoxy) is 2. The summed E-state index contributed by atoms with van der Waals surface area (Å²) in [6.07, 6.45) is 4.74. The maximum atomic E-state index is 12.0. The molecule has 0 bridgehead atoms.